The van der Waals surface area contributed by atoms with E-state index in [0.717, 1.165) is 6.07 Å². The number of alkyl halides is 3. The SMILES string of the molecule is Cc1cc(C(F)(F)F)nc(-c2ccnc3cc(CN4C(=O)C5C(C4=O)C5(C)C)sc23)c1C(=O)N1CCC(C(C)N)C1. The lowest BCUT2D eigenvalue weighted by Gasteiger charge is -2.22. The molecule has 3 aliphatic rings. The molecular weight excluding hydrogens is 555 g/mol. The molecule has 2 N–H and O–H groups in total. The first-order valence-electron chi connectivity index (χ1n) is 13.6. The Morgan fingerprint density at radius 3 is 2.51 bits per heavy atom. The van der Waals surface area contributed by atoms with Gasteiger partial charge in [-0.05, 0) is 55.4 Å². The van der Waals surface area contributed by atoms with Gasteiger partial charge in [-0.3, -0.25) is 24.3 Å². The zero-order chi connectivity index (χ0) is 29.6. The molecule has 3 aromatic rings. The van der Waals surface area contributed by atoms with Crippen LogP contribution in [0.15, 0.2) is 24.4 Å². The molecule has 0 bridgehead atoms. The average Bonchev–Trinajstić information content (AvgIpc) is 3.33. The summed E-state index contributed by atoms with van der Waals surface area (Å²) in [6.45, 7) is 8.12. The molecule has 1 aliphatic carbocycles. The first-order valence-corrected chi connectivity index (χ1v) is 14.4. The molecule has 4 atom stereocenters. The highest BCUT2D eigenvalue weighted by atomic mass is 32.1. The van der Waals surface area contributed by atoms with Crippen LogP contribution in [-0.4, -0.2) is 56.6 Å². The normalized spacial score (nSPS) is 24.3. The summed E-state index contributed by atoms with van der Waals surface area (Å²) in [4.78, 5) is 51.5. The quantitative estimate of drug-likeness (QED) is 0.437. The summed E-state index contributed by atoms with van der Waals surface area (Å²) in [5.41, 5.74) is 5.68. The molecule has 2 saturated heterocycles. The highest BCUT2D eigenvalue weighted by Crippen LogP contribution is 2.63. The van der Waals surface area contributed by atoms with Crippen molar-refractivity contribution in [3.63, 3.8) is 0 Å². The smallest absolute Gasteiger partial charge is 0.338 e. The number of carbonyl (C=O) groups is 3. The highest BCUT2D eigenvalue weighted by Gasteiger charge is 2.72. The number of fused-ring (bicyclic) bond motifs is 2. The lowest BCUT2D eigenvalue weighted by molar-refractivity contribution is -0.144. The lowest BCUT2D eigenvalue weighted by Crippen LogP contribution is -2.35. The zero-order valence-corrected chi connectivity index (χ0v) is 23.9. The van der Waals surface area contributed by atoms with Crippen molar-refractivity contribution in [2.75, 3.05) is 13.1 Å². The van der Waals surface area contributed by atoms with E-state index < -0.39 is 17.8 Å². The molecule has 41 heavy (non-hydrogen) atoms. The number of nitrogens with two attached hydrogens (primary N) is 1. The topological polar surface area (TPSA) is 109 Å². The first-order chi connectivity index (χ1) is 19.2. The molecule has 216 valence electrons. The van der Waals surface area contributed by atoms with E-state index in [1.54, 1.807) is 17.0 Å². The van der Waals surface area contributed by atoms with Crippen molar-refractivity contribution in [2.45, 2.75) is 52.9 Å². The third-order valence-corrected chi connectivity index (χ3v) is 10.0. The number of piperidine rings is 1. The number of imide groups is 1. The van der Waals surface area contributed by atoms with Gasteiger partial charge in [0.2, 0.25) is 11.8 Å². The van der Waals surface area contributed by atoms with E-state index in [4.69, 9.17) is 5.73 Å². The molecular formula is C29H30F3N5O3S. The molecule has 1 saturated carbocycles. The van der Waals surface area contributed by atoms with Crippen molar-refractivity contribution in [2.24, 2.45) is 28.9 Å². The standard InChI is InChI=1S/C29H30F3N5O3S/c1-13-9-19(29(30,31)32)35-23(20(13)25(38)36-8-6-15(11-36)14(2)33)17-5-7-34-18-10-16(41-24(17)18)12-37-26(39)21-22(27(37)40)28(21,3)4/h5,7,9-10,14-15,21-22H,6,8,11-12,33H2,1-4H3. The number of thiophene rings is 1. The van der Waals surface area contributed by atoms with Gasteiger partial charge in [-0.25, -0.2) is 4.98 Å². The minimum absolute atomic E-state index is 0.0640. The van der Waals surface area contributed by atoms with Gasteiger partial charge < -0.3 is 10.6 Å². The fourth-order valence-electron chi connectivity index (χ4n) is 6.41. The molecule has 0 spiro atoms. The van der Waals surface area contributed by atoms with E-state index in [-0.39, 0.29) is 64.4 Å². The first kappa shape index (κ1) is 27.8. The summed E-state index contributed by atoms with van der Waals surface area (Å²) in [5.74, 6) is -1.31. The van der Waals surface area contributed by atoms with Crippen molar-refractivity contribution in [1.82, 2.24) is 19.8 Å². The number of hydrogen-bond acceptors (Lipinski definition) is 7. The molecule has 3 amide bonds. The molecule has 4 unspecified atom stereocenters. The average molecular weight is 586 g/mol. The monoisotopic (exact) mass is 585 g/mol. The van der Waals surface area contributed by atoms with E-state index in [1.807, 2.05) is 20.8 Å². The van der Waals surface area contributed by atoms with Gasteiger partial charge in [0.05, 0.1) is 39.9 Å². The van der Waals surface area contributed by atoms with Crippen molar-refractivity contribution < 1.29 is 27.6 Å². The van der Waals surface area contributed by atoms with Gasteiger partial charge in [-0.1, -0.05) is 13.8 Å². The maximum atomic E-state index is 13.9. The number of likely N-dealkylation sites (tertiary alicyclic amines) is 2. The van der Waals surface area contributed by atoms with Gasteiger partial charge in [0.25, 0.3) is 5.91 Å². The second kappa shape index (κ2) is 9.32. The van der Waals surface area contributed by atoms with E-state index in [1.165, 1.54) is 29.4 Å². The molecule has 3 aromatic heterocycles. The second-order valence-corrected chi connectivity index (χ2v) is 13.2. The number of carbonyl (C=O) groups excluding carboxylic acids is 3. The van der Waals surface area contributed by atoms with Crippen LogP contribution in [0.25, 0.3) is 21.5 Å². The summed E-state index contributed by atoms with van der Waals surface area (Å²) < 4.78 is 42.2. The number of halogens is 3. The van der Waals surface area contributed by atoms with Gasteiger partial charge in [-0.2, -0.15) is 13.2 Å². The van der Waals surface area contributed by atoms with Gasteiger partial charge in [0, 0.05) is 35.8 Å². The highest BCUT2D eigenvalue weighted by molar-refractivity contribution is 7.19. The fourth-order valence-corrected chi connectivity index (χ4v) is 7.53. The summed E-state index contributed by atoms with van der Waals surface area (Å²) in [6, 6.07) is 4.08. The van der Waals surface area contributed by atoms with Gasteiger partial charge in [-0.15, -0.1) is 11.3 Å². The Morgan fingerprint density at radius 2 is 1.90 bits per heavy atom. The largest absolute Gasteiger partial charge is 0.433 e. The Balaban J connectivity index is 1.41. The number of pyridine rings is 2. The number of rotatable bonds is 5. The number of amides is 3. The lowest BCUT2D eigenvalue weighted by atomic mass is 9.99. The van der Waals surface area contributed by atoms with Gasteiger partial charge in [0.1, 0.15) is 5.69 Å². The third-order valence-electron chi connectivity index (χ3n) is 8.90. The molecule has 5 heterocycles. The molecule has 2 aliphatic heterocycles. The predicted molar refractivity (Wildman–Crippen MR) is 147 cm³/mol. The molecule has 6 rings (SSSR count). The van der Waals surface area contributed by atoms with Crippen LogP contribution in [0.5, 0.6) is 0 Å². The van der Waals surface area contributed by atoms with Crippen molar-refractivity contribution in [1.29, 1.82) is 0 Å². The maximum Gasteiger partial charge on any atom is 0.433 e. The van der Waals surface area contributed by atoms with Gasteiger partial charge >= 0.3 is 6.18 Å². The van der Waals surface area contributed by atoms with Crippen LogP contribution in [-0.2, 0) is 22.3 Å². The van der Waals surface area contributed by atoms with Crippen molar-refractivity contribution in [3.8, 4) is 11.3 Å². The van der Waals surface area contributed by atoms with Gasteiger partial charge in [0.15, 0.2) is 0 Å². The fraction of sp³-hybridized carbons (Fsp3) is 0.483. The summed E-state index contributed by atoms with van der Waals surface area (Å²) in [7, 11) is 0. The molecule has 8 nitrogen and oxygen atoms in total. The summed E-state index contributed by atoms with van der Waals surface area (Å²) >= 11 is 1.23. The van der Waals surface area contributed by atoms with Crippen LogP contribution >= 0.6 is 11.3 Å². The number of hydrogen-bond donors (Lipinski definition) is 1. The Bertz CT molecular complexity index is 1590. The Hall–Kier alpha value is -3.38. The van der Waals surface area contributed by atoms with Crippen molar-refractivity contribution >= 4 is 39.3 Å². The molecule has 0 radical (unpaired) electrons. The van der Waals surface area contributed by atoms with Crippen LogP contribution in [0.1, 0.15) is 53.7 Å². The summed E-state index contributed by atoms with van der Waals surface area (Å²) in [5, 5.41) is 0. The Kier molecular flexibility index (Phi) is 6.31. The molecule has 3 fully saturated rings. The van der Waals surface area contributed by atoms with Crippen LogP contribution in [0.3, 0.4) is 0 Å². The minimum atomic E-state index is -4.72. The van der Waals surface area contributed by atoms with E-state index >= 15 is 0 Å². The Morgan fingerprint density at radius 1 is 1.22 bits per heavy atom. The van der Waals surface area contributed by atoms with Crippen LogP contribution in [0, 0.1) is 30.1 Å². The summed E-state index contributed by atoms with van der Waals surface area (Å²) in [6.07, 6.45) is -2.54. The molecule has 0 aromatic carbocycles. The van der Waals surface area contributed by atoms with E-state index in [0.29, 0.717) is 40.2 Å². The zero-order valence-electron chi connectivity index (χ0n) is 23.1. The number of aryl methyl sites for hydroxylation is 1. The second-order valence-electron chi connectivity index (χ2n) is 12.0. The third kappa shape index (κ3) is 4.42. The van der Waals surface area contributed by atoms with Crippen LogP contribution in [0.2, 0.25) is 0 Å². The Labute approximate surface area is 238 Å². The van der Waals surface area contributed by atoms with E-state index in [9.17, 15) is 27.6 Å². The van der Waals surface area contributed by atoms with E-state index in [2.05, 4.69) is 9.97 Å². The maximum absolute atomic E-state index is 13.9. The van der Waals surface area contributed by atoms with Crippen LogP contribution in [0.4, 0.5) is 13.2 Å². The predicted octanol–water partition coefficient (Wildman–Crippen LogP) is 4.64. The number of nitrogens with zero attached hydrogens (tertiary/aromatic N) is 4. The number of aromatic nitrogens is 2. The van der Waals surface area contributed by atoms with Crippen LogP contribution < -0.4 is 5.73 Å². The molecule has 12 heteroatoms. The minimum Gasteiger partial charge on any atom is -0.338 e. The van der Waals surface area contributed by atoms with Crippen molar-refractivity contribution in [3.05, 3.63) is 46.1 Å².